The van der Waals surface area contributed by atoms with E-state index in [1.807, 2.05) is 0 Å². The molecule has 1 heterocycles. The number of carbonyl (C=O) groups is 1. The topological polar surface area (TPSA) is 35.6 Å². The Labute approximate surface area is 207 Å². The minimum Gasteiger partial charge on any atom is -0.340 e. The van der Waals surface area contributed by atoms with Crippen LogP contribution >= 0.6 is 0 Å². The predicted molar refractivity (Wildman–Crippen MR) is 145 cm³/mol. The van der Waals surface area contributed by atoms with Crippen LogP contribution in [-0.2, 0) is 4.79 Å². The number of carbonyl (C=O) groups excluding carboxylic acids is 1. The average molecular weight is 466 g/mol. The lowest BCUT2D eigenvalue weighted by molar-refractivity contribution is -0.131. The molecule has 0 saturated carbocycles. The van der Waals surface area contributed by atoms with Gasteiger partial charge in [-0.25, -0.2) is 0 Å². The highest BCUT2D eigenvalue weighted by atomic mass is 16.2. The summed E-state index contributed by atoms with van der Waals surface area (Å²) in [6, 6.07) is 0. The lowest BCUT2D eigenvalue weighted by atomic mass is 10.1. The fraction of sp³-hybridized carbons (Fsp3) is 0.966. The first-order chi connectivity index (χ1) is 16.3. The van der Waals surface area contributed by atoms with Crippen LogP contribution in [0.1, 0.15) is 136 Å². The number of nitrogens with zero attached hydrogens (tertiary/aromatic N) is 2. The third-order valence-corrected chi connectivity index (χ3v) is 7.24. The maximum Gasteiger partial charge on any atom is 0.222 e. The third kappa shape index (κ3) is 18.4. The average Bonchev–Trinajstić information content (AvgIpc) is 2.84. The summed E-state index contributed by atoms with van der Waals surface area (Å²) in [7, 11) is 0. The monoisotopic (exact) mass is 465 g/mol. The maximum atomic E-state index is 12.4. The number of piperazine rings is 1. The zero-order valence-corrected chi connectivity index (χ0v) is 22.7. The van der Waals surface area contributed by atoms with E-state index in [0.29, 0.717) is 5.91 Å². The van der Waals surface area contributed by atoms with Crippen molar-refractivity contribution in [1.29, 1.82) is 0 Å². The second-order valence-corrected chi connectivity index (χ2v) is 10.4. The largest absolute Gasteiger partial charge is 0.340 e. The van der Waals surface area contributed by atoms with E-state index in [9.17, 15) is 4.79 Å². The van der Waals surface area contributed by atoms with E-state index >= 15 is 0 Å². The molecule has 0 aromatic rings. The molecular formula is C29H59N3O. The van der Waals surface area contributed by atoms with Crippen LogP contribution < -0.4 is 5.32 Å². The van der Waals surface area contributed by atoms with Crippen LogP contribution in [0.3, 0.4) is 0 Å². The maximum absolute atomic E-state index is 12.4. The van der Waals surface area contributed by atoms with Crippen molar-refractivity contribution in [1.82, 2.24) is 15.1 Å². The van der Waals surface area contributed by atoms with Crippen LogP contribution in [0.4, 0.5) is 0 Å². The molecule has 0 aromatic carbocycles. The van der Waals surface area contributed by atoms with Gasteiger partial charge in [-0.15, -0.1) is 0 Å². The molecule has 4 nitrogen and oxygen atoms in total. The van der Waals surface area contributed by atoms with Gasteiger partial charge in [0.15, 0.2) is 0 Å². The van der Waals surface area contributed by atoms with Crippen LogP contribution in [0.25, 0.3) is 0 Å². The highest BCUT2D eigenvalue weighted by Crippen LogP contribution is 2.12. The highest BCUT2D eigenvalue weighted by Gasteiger charge is 2.15. The standard InChI is InChI=1S/C29H59N3O/c1-3-5-7-9-11-13-15-18-24-31(25-19-16-14-12-10-8-6-4-2)26-20-17-21-29(33)32-27-22-30-23-28-32/h30H,3-28H2,1-2H3. The van der Waals surface area contributed by atoms with Crippen LogP contribution in [0.2, 0.25) is 0 Å². The second kappa shape index (κ2) is 23.1. The van der Waals surface area contributed by atoms with Gasteiger partial charge < -0.3 is 15.1 Å². The normalized spacial score (nSPS) is 14.3. The van der Waals surface area contributed by atoms with E-state index < -0.39 is 0 Å². The Hall–Kier alpha value is -0.610. The number of unbranched alkanes of at least 4 members (excludes halogenated alkanes) is 15. The molecule has 0 aliphatic carbocycles. The molecule has 0 unspecified atom stereocenters. The minimum atomic E-state index is 0.370. The van der Waals surface area contributed by atoms with E-state index in [1.165, 1.54) is 129 Å². The Morgan fingerprint density at radius 1 is 0.606 bits per heavy atom. The van der Waals surface area contributed by atoms with Crippen molar-refractivity contribution in [3.8, 4) is 0 Å². The van der Waals surface area contributed by atoms with E-state index in [2.05, 4.69) is 29.0 Å². The van der Waals surface area contributed by atoms with Crippen LogP contribution in [0.5, 0.6) is 0 Å². The first-order valence-corrected chi connectivity index (χ1v) is 15.0. The quantitative estimate of drug-likeness (QED) is 0.162. The Bertz CT molecular complexity index is 403. The van der Waals surface area contributed by atoms with Crippen molar-refractivity contribution in [2.24, 2.45) is 0 Å². The zero-order valence-electron chi connectivity index (χ0n) is 22.7. The number of hydrogen-bond acceptors (Lipinski definition) is 3. The molecular weight excluding hydrogens is 406 g/mol. The van der Waals surface area contributed by atoms with Gasteiger partial charge in [0.05, 0.1) is 0 Å². The lowest BCUT2D eigenvalue weighted by Gasteiger charge is -2.27. The van der Waals surface area contributed by atoms with Crippen LogP contribution in [0.15, 0.2) is 0 Å². The Morgan fingerprint density at radius 2 is 1.00 bits per heavy atom. The van der Waals surface area contributed by atoms with Crippen LogP contribution in [-0.4, -0.2) is 61.5 Å². The first-order valence-electron chi connectivity index (χ1n) is 15.0. The number of rotatable bonds is 23. The number of nitrogens with one attached hydrogen (secondary N) is 1. The molecule has 0 spiro atoms. The van der Waals surface area contributed by atoms with Gasteiger partial charge in [0.25, 0.3) is 0 Å². The first kappa shape index (κ1) is 30.4. The van der Waals surface area contributed by atoms with Crippen LogP contribution in [0, 0.1) is 0 Å². The van der Waals surface area contributed by atoms with Crippen molar-refractivity contribution in [2.75, 3.05) is 45.8 Å². The molecule has 0 radical (unpaired) electrons. The molecule has 33 heavy (non-hydrogen) atoms. The summed E-state index contributed by atoms with van der Waals surface area (Å²) >= 11 is 0. The molecule has 0 bridgehead atoms. The summed E-state index contributed by atoms with van der Waals surface area (Å²) < 4.78 is 0. The lowest BCUT2D eigenvalue weighted by Crippen LogP contribution is -2.46. The second-order valence-electron chi connectivity index (χ2n) is 10.4. The Balaban J connectivity index is 2.17. The fourth-order valence-corrected chi connectivity index (χ4v) is 4.96. The molecule has 0 aromatic heterocycles. The van der Waals surface area contributed by atoms with Gasteiger partial charge in [0.1, 0.15) is 0 Å². The predicted octanol–water partition coefficient (Wildman–Crippen LogP) is 7.17. The molecule has 1 aliphatic rings. The number of amides is 1. The summed E-state index contributed by atoms with van der Waals surface area (Å²) in [6.45, 7) is 12.0. The zero-order chi connectivity index (χ0) is 23.8. The van der Waals surface area contributed by atoms with Gasteiger partial charge in [-0.2, -0.15) is 0 Å². The van der Waals surface area contributed by atoms with Crippen molar-refractivity contribution in [2.45, 2.75) is 136 Å². The van der Waals surface area contributed by atoms with Gasteiger partial charge in [-0.3, -0.25) is 4.79 Å². The summed E-state index contributed by atoms with van der Waals surface area (Å²) in [5, 5.41) is 3.33. The van der Waals surface area contributed by atoms with Gasteiger partial charge >= 0.3 is 0 Å². The highest BCUT2D eigenvalue weighted by molar-refractivity contribution is 5.76. The third-order valence-electron chi connectivity index (χ3n) is 7.24. The van der Waals surface area contributed by atoms with E-state index in [0.717, 1.165) is 39.0 Å². The van der Waals surface area contributed by atoms with Gasteiger partial charge in [0, 0.05) is 32.6 Å². The molecule has 4 heteroatoms. The fourth-order valence-electron chi connectivity index (χ4n) is 4.96. The summed E-state index contributed by atoms with van der Waals surface area (Å²) in [5.41, 5.74) is 0. The van der Waals surface area contributed by atoms with Gasteiger partial charge in [0.2, 0.25) is 5.91 Å². The molecule has 1 fully saturated rings. The van der Waals surface area contributed by atoms with Crippen molar-refractivity contribution >= 4 is 5.91 Å². The van der Waals surface area contributed by atoms with Crippen molar-refractivity contribution in [3.05, 3.63) is 0 Å². The molecule has 1 aliphatic heterocycles. The van der Waals surface area contributed by atoms with Crippen molar-refractivity contribution < 1.29 is 4.79 Å². The number of hydrogen-bond donors (Lipinski definition) is 1. The molecule has 1 amide bonds. The van der Waals surface area contributed by atoms with Gasteiger partial charge in [-0.05, 0) is 45.3 Å². The molecule has 1 saturated heterocycles. The molecule has 1 rings (SSSR count). The molecule has 0 atom stereocenters. The van der Waals surface area contributed by atoms with E-state index in [-0.39, 0.29) is 0 Å². The minimum absolute atomic E-state index is 0.370. The van der Waals surface area contributed by atoms with Crippen molar-refractivity contribution in [3.63, 3.8) is 0 Å². The molecule has 1 N–H and O–H groups in total. The summed E-state index contributed by atoms with van der Waals surface area (Å²) in [5.74, 6) is 0.370. The van der Waals surface area contributed by atoms with Gasteiger partial charge in [-0.1, -0.05) is 104 Å². The smallest absolute Gasteiger partial charge is 0.222 e. The SMILES string of the molecule is CCCCCCCCCCN(CCCCCCCCCC)CCCCC(=O)N1CCNCC1. The van der Waals surface area contributed by atoms with E-state index in [1.54, 1.807) is 0 Å². The van der Waals surface area contributed by atoms with E-state index in [4.69, 9.17) is 0 Å². The summed E-state index contributed by atoms with van der Waals surface area (Å²) in [6.07, 6.45) is 25.3. The molecule has 196 valence electrons. The Morgan fingerprint density at radius 3 is 1.45 bits per heavy atom. The Kier molecular flexibility index (Phi) is 21.3. The summed E-state index contributed by atoms with van der Waals surface area (Å²) in [4.78, 5) is 17.2.